The van der Waals surface area contributed by atoms with Crippen LogP contribution in [0.1, 0.15) is 5.56 Å². The summed E-state index contributed by atoms with van der Waals surface area (Å²) < 4.78 is 5.49. The van der Waals surface area contributed by atoms with Crippen molar-refractivity contribution in [2.24, 2.45) is 0 Å². The van der Waals surface area contributed by atoms with Gasteiger partial charge in [0, 0.05) is 23.2 Å². The summed E-state index contributed by atoms with van der Waals surface area (Å²) in [5, 5.41) is 20.4. The number of nitrogens with zero attached hydrogens (tertiary/aromatic N) is 2. The Kier molecular flexibility index (Phi) is 4.08. The average molecular weight is 309 g/mol. The van der Waals surface area contributed by atoms with Crippen LogP contribution < -0.4 is 4.74 Å². The minimum Gasteiger partial charge on any atom is -0.454 e. The molecule has 0 saturated heterocycles. The second-order valence-corrected chi connectivity index (χ2v) is 4.57. The number of ether oxygens (including phenoxy) is 1. The van der Waals surface area contributed by atoms with E-state index < -0.39 is 4.92 Å². The van der Waals surface area contributed by atoms with Gasteiger partial charge >= 0.3 is 0 Å². The molecule has 0 radical (unpaired) electrons. The van der Waals surface area contributed by atoms with Gasteiger partial charge in [0.05, 0.1) is 9.95 Å². The second-order valence-electron chi connectivity index (χ2n) is 3.73. The van der Waals surface area contributed by atoms with E-state index in [0.717, 1.165) is 6.07 Å². The summed E-state index contributed by atoms with van der Waals surface area (Å²) in [6.45, 7) is 0. The molecule has 0 fully saturated rings. The zero-order valence-corrected chi connectivity index (χ0v) is 11.4. The van der Waals surface area contributed by atoms with Gasteiger partial charge in [-0.05, 0) is 18.2 Å². The first kappa shape index (κ1) is 14.1. The van der Waals surface area contributed by atoms with Gasteiger partial charge in [-0.2, -0.15) is 5.26 Å². The minimum absolute atomic E-state index is 0.0373. The summed E-state index contributed by atoms with van der Waals surface area (Å²) in [4.78, 5) is 10.1. The summed E-state index contributed by atoms with van der Waals surface area (Å²) in [5.74, 6) is 0.437. The first-order valence-electron chi connectivity index (χ1n) is 5.32. The third-order valence-electron chi connectivity index (χ3n) is 2.41. The molecule has 5 nitrogen and oxygen atoms in total. The third kappa shape index (κ3) is 2.99. The first-order chi connectivity index (χ1) is 9.51. The molecule has 0 spiro atoms. The van der Waals surface area contributed by atoms with Gasteiger partial charge in [0.15, 0.2) is 0 Å². The first-order valence-corrected chi connectivity index (χ1v) is 6.08. The maximum absolute atomic E-state index is 10.7. The van der Waals surface area contributed by atoms with Crippen molar-refractivity contribution in [1.29, 1.82) is 5.26 Å². The molecule has 0 atom stereocenters. The molecule has 0 aliphatic heterocycles. The molecule has 0 unspecified atom stereocenters. The Hall–Kier alpha value is -2.29. The summed E-state index contributed by atoms with van der Waals surface area (Å²) >= 11 is 11.8. The number of hydrogen-bond donors (Lipinski definition) is 0. The van der Waals surface area contributed by atoms with Crippen molar-refractivity contribution in [3.63, 3.8) is 0 Å². The van der Waals surface area contributed by atoms with Crippen molar-refractivity contribution in [2.45, 2.75) is 0 Å². The van der Waals surface area contributed by atoms with Crippen LogP contribution in [0.25, 0.3) is 0 Å². The zero-order valence-electron chi connectivity index (χ0n) is 9.84. The molecular weight excluding hydrogens is 303 g/mol. The maximum Gasteiger partial charge on any atom is 0.271 e. The molecule has 7 heteroatoms. The topological polar surface area (TPSA) is 76.2 Å². The van der Waals surface area contributed by atoms with E-state index in [4.69, 9.17) is 33.2 Å². The summed E-state index contributed by atoms with van der Waals surface area (Å²) in [6.07, 6.45) is 0. The van der Waals surface area contributed by atoms with Gasteiger partial charge in [-0.25, -0.2) is 0 Å². The molecule has 0 heterocycles. The molecule has 0 aromatic heterocycles. The Morgan fingerprint density at radius 2 is 1.90 bits per heavy atom. The van der Waals surface area contributed by atoms with Crippen LogP contribution in [0.4, 0.5) is 5.69 Å². The summed E-state index contributed by atoms with van der Waals surface area (Å²) in [5.41, 5.74) is -0.152. The number of non-ortho nitro benzene ring substituents is 1. The van der Waals surface area contributed by atoms with Gasteiger partial charge in [0.2, 0.25) is 0 Å². The number of halogens is 2. The van der Waals surface area contributed by atoms with E-state index in [-0.39, 0.29) is 22.7 Å². The van der Waals surface area contributed by atoms with Crippen molar-refractivity contribution in [1.82, 2.24) is 0 Å². The van der Waals surface area contributed by atoms with Crippen LogP contribution in [0.15, 0.2) is 36.4 Å². The predicted octanol–water partition coefficient (Wildman–Crippen LogP) is 4.57. The molecule has 0 amide bonds. The summed E-state index contributed by atoms with van der Waals surface area (Å²) in [7, 11) is 0. The van der Waals surface area contributed by atoms with Crippen molar-refractivity contribution in [3.8, 4) is 17.6 Å². The number of nitro benzene ring substituents is 1. The largest absolute Gasteiger partial charge is 0.454 e. The van der Waals surface area contributed by atoms with Crippen molar-refractivity contribution < 1.29 is 9.66 Å². The van der Waals surface area contributed by atoms with Crippen molar-refractivity contribution >= 4 is 28.9 Å². The fourth-order valence-corrected chi connectivity index (χ4v) is 1.80. The number of nitriles is 1. The van der Waals surface area contributed by atoms with E-state index in [1.165, 1.54) is 18.2 Å². The van der Waals surface area contributed by atoms with E-state index in [1.54, 1.807) is 12.1 Å². The number of rotatable bonds is 3. The molecule has 0 aliphatic rings. The third-order valence-corrected chi connectivity index (χ3v) is 2.95. The Balaban J connectivity index is 2.41. The Bertz CT molecular complexity index is 726. The molecule has 0 saturated carbocycles. The molecule has 20 heavy (non-hydrogen) atoms. The van der Waals surface area contributed by atoms with Crippen molar-refractivity contribution in [3.05, 3.63) is 62.1 Å². The molecular formula is C13H6Cl2N2O3. The van der Waals surface area contributed by atoms with Gasteiger partial charge < -0.3 is 4.74 Å². The highest BCUT2D eigenvalue weighted by Gasteiger charge is 2.13. The van der Waals surface area contributed by atoms with E-state index in [9.17, 15) is 10.1 Å². The molecule has 2 rings (SSSR count). The van der Waals surface area contributed by atoms with Gasteiger partial charge in [-0.15, -0.1) is 0 Å². The zero-order chi connectivity index (χ0) is 14.7. The molecule has 0 bridgehead atoms. The number of benzene rings is 2. The average Bonchev–Trinajstić information content (AvgIpc) is 2.43. The van der Waals surface area contributed by atoms with Gasteiger partial charge in [-0.1, -0.05) is 23.2 Å². The van der Waals surface area contributed by atoms with Crippen LogP contribution in [-0.4, -0.2) is 4.92 Å². The Labute approximate surface area is 124 Å². The molecule has 2 aromatic carbocycles. The van der Waals surface area contributed by atoms with E-state index in [0.29, 0.717) is 10.0 Å². The molecule has 2 aromatic rings. The van der Waals surface area contributed by atoms with Gasteiger partial charge in [0.1, 0.15) is 23.1 Å². The van der Waals surface area contributed by atoms with E-state index in [2.05, 4.69) is 0 Å². The number of hydrogen-bond acceptors (Lipinski definition) is 4. The van der Waals surface area contributed by atoms with Gasteiger partial charge in [-0.3, -0.25) is 10.1 Å². The Morgan fingerprint density at radius 3 is 2.55 bits per heavy atom. The molecule has 0 N–H and O–H groups in total. The normalized spacial score (nSPS) is 9.85. The lowest BCUT2D eigenvalue weighted by Gasteiger charge is -2.09. The maximum atomic E-state index is 10.7. The highest BCUT2D eigenvalue weighted by atomic mass is 35.5. The SMILES string of the molecule is N#Cc1cc([N+](=O)[O-])ccc1Oc1cc(Cl)ccc1Cl. The van der Waals surface area contributed by atoms with Crippen molar-refractivity contribution in [2.75, 3.05) is 0 Å². The van der Waals surface area contributed by atoms with Crippen LogP contribution in [0.3, 0.4) is 0 Å². The fraction of sp³-hybridized carbons (Fsp3) is 0. The fourth-order valence-electron chi connectivity index (χ4n) is 1.48. The van der Waals surface area contributed by atoms with Crippen LogP contribution in [0, 0.1) is 21.4 Å². The lowest BCUT2D eigenvalue weighted by atomic mass is 10.2. The smallest absolute Gasteiger partial charge is 0.271 e. The monoisotopic (exact) mass is 308 g/mol. The molecule has 100 valence electrons. The second kappa shape index (κ2) is 5.78. The van der Waals surface area contributed by atoms with E-state index >= 15 is 0 Å². The number of nitro groups is 1. The summed E-state index contributed by atoms with van der Waals surface area (Å²) in [6, 6.07) is 10.2. The van der Waals surface area contributed by atoms with E-state index in [1.807, 2.05) is 6.07 Å². The Morgan fingerprint density at radius 1 is 1.15 bits per heavy atom. The standard InChI is InChI=1S/C13H6Cl2N2O3/c14-9-1-3-11(15)13(6-9)20-12-4-2-10(17(18)19)5-8(12)7-16/h1-6H. The van der Waals surface area contributed by atoms with Gasteiger partial charge in [0.25, 0.3) is 5.69 Å². The van der Waals surface area contributed by atoms with Crippen LogP contribution in [0.2, 0.25) is 10.0 Å². The molecule has 0 aliphatic carbocycles. The lowest BCUT2D eigenvalue weighted by Crippen LogP contribution is -1.93. The quantitative estimate of drug-likeness (QED) is 0.615. The highest BCUT2D eigenvalue weighted by molar-refractivity contribution is 6.34. The highest BCUT2D eigenvalue weighted by Crippen LogP contribution is 2.34. The van der Waals surface area contributed by atoms with Crippen LogP contribution in [-0.2, 0) is 0 Å². The predicted molar refractivity (Wildman–Crippen MR) is 74.3 cm³/mol. The van der Waals surface area contributed by atoms with Crippen LogP contribution >= 0.6 is 23.2 Å². The van der Waals surface area contributed by atoms with Crippen LogP contribution in [0.5, 0.6) is 11.5 Å². The lowest BCUT2D eigenvalue weighted by molar-refractivity contribution is -0.384. The minimum atomic E-state index is -0.586.